The van der Waals surface area contributed by atoms with E-state index in [1.165, 1.54) is 0 Å². The summed E-state index contributed by atoms with van der Waals surface area (Å²) in [5, 5.41) is 0. The number of nitrogens with zero attached hydrogens (tertiary/aromatic N) is 2. The third-order valence-corrected chi connectivity index (χ3v) is 4.60. The number of rotatable bonds is 5. The van der Waals surface area contributed by atoms with E-state index in [0.29, 0.717) is 11.5 Å². The maximum atomic E-state index is 5.51. The standard InChI is InChI=1S/C22H20N2O3/c1-25-19-7-5-4-6-17(19)16-9-11-22-23-13-18(24(22)14-16)15-8-10-20(26-2)21(12-15)27-3/h4-14H,1-3H3. The molecule has 0 aliphatic carbocycles. The lowest BCUT2D eigenvalue weighted by molar-refractivity contribution is 0.355. The first-order valence-corrected chi connectivity index (χ1v) is 8.58. The van der Waals surface area contributed by atoms with Crippen molar-refractivity contribution in [2.75, 3.05) is 21.3 Å². The highest BCUT2D eigenvalue weighted by molar-refractivity contribution is 5.73. The second-order valence-corrected chi connectivity index (χ2v) is 6.06. The fraction of sp³-hybridized carbons (Fsp3) is 0.136. The zero-order valence-corrected chi connectivity index (χ0v) is 15.5. The maximum absolute atomic E-state index is 5.51. The molecule has 4 rings (SSSR count). The van der Waals surface area contributed by atoms with Crippen molar-refractivity contribution < 1.29 is 14.2 Å². The van der Waals surface area contributed by atoms with Crippen LogP contribution in [0, 0.1) is 0 Å². The van der Waals surface area contributed by atoms with Gasteiger partial charge in [-0.15, -0.1) is 0 Å². The predicted octanol–water partition coefficient (Wildman–Crippen LogP) is 4.69. The summed E-state index contributed by atoms with van der Waals surface area (Å²) >= 11 is 0. The SMILES string of the molecule is COc1ccc(-c2cnc3ccc(-c4ccccc4OC)cn23)cc1OC. The molecule has 0 radical (unpaired) electrons. The highest BCUT2D eigenvalue weighted by atomic mass is 16.5. The minimum Gasteiger partial charge on any atom is -0.496 e. The quantitative estimate of drug-likeness (QED) is 0.518. The number of methoxy groups -OCH3 is 3. The Morgan fingerprint density at radius 3 is 2.26 bits per heavy atom. The van der Waals surface area contributed by atoms with Crippen molar-refractivity contribution in [1.82, 2.24) is 9.38 Å². The van der Waals surface area contributed by atoms with Gasteiger partial charge >= 0.3 is 0 Å². The van der Waals surface area contributed by atoms with Crippen molar-refractivity contribution in [2.45, 2.75) is 0 Å². The van der Waals surface area contributed by atoms with Crippen LogP contribution in [0.15, 0.2) is 67.0 Å². The van der Waals surface area contributed by atoms with E-state index < -0.39 is 0 Å². The van der Waals surface area contributed by atoms with Crippen LogP contribution in [0.25, 0.3) is 28.0 Å². The van der Waals surface area contributed by atoms with Crippen molar-refractivity contribution in [2.24, 2.45) is 0 Å². The molecule has 2 aromatic heterocycles. The first-order valence-electron chi connectivity index (χ1n) is 8.58. The molecular weight excluding hydrogens is 340 g/mol. The van der Waals surface area contributed by atoms with Crippen molar-refractivity contribution in [3.8, 4) is 39.6 Å². The molecule has 0 unspecified atom stereocenters. The van der Waals surface area contributed by atoms with Crippen LogP contribution in [-0.4, -0.2) is 30.7 Å². The lowest BCUT2D eigenvalue weighted by atomic mass is 10.1. The van der Waals surface area contributed by atoms with Gasteiger partial charge in [0.15, 0.2) is 11.5 Å². The fourth-order valence-electron chi connectivity index (χ4n) is 3.23. The first kappa shape index (κ1) is 17.0. The molecule has 2 heterocycles. The van der Waals surface area contributed by atoms with Crippen LogP contribution in [-0.2, 0) is 0 Å². The van der Waals surface area contributed by atoms with Gasteiger partial charge in [0.2, 0.25) is 0 Å². The number of aromatic nitrogens is 2. The molecule has 0 spiro atoms. The Balaban J connectivity index is 1.86. The van der Waals surface area contributed by atoms with E-state index in [9.17, 15) is 0 Å². The van der Waals surface area contributed by atoms with Gasteiger partial charge in [-0.3, -0.25) is 4.40 Å². The van der Waals surface area contributed by atoms with Gasteiger partial charge in [-0.05, 0) is 36.4 Å². The van der Waals surface area contributed by atoms with Crippen LogP contribution in [0.3, 0.4) is 0 Å². The van der Waals surface area contributed by atoms with Gasteiger partial charge in [0.1, 0.15) is 11.4 Å². The molecule has 0 saturated carbocycles. The van der Waals surface area contributed by atoms with Gasteiger partial charge in [-0.1, -0.05) is 18.2 Å². The van der Waals surface area contributed by atoms with Crippen LogP contribution in [0.5, 0.6) is 17.2 Å². The van der Waals surface area contributed by atoms with Crippen molar-refractivity contribution >= 4 is 5.65 Å². The summed E-state index contributed by atoms with van der Waals surface area (Å²) in [4.78, 5) is 4.53. The Kier molecular flexibility index (Phi) is 4.42. The molecule has 0 amide bonds. The Morgan fingerprint density at radius 2 is 1.48 bits per heavy atom. The number of ether oxygens (including phenoxy) is 3. The van der Waals surface area contributed by atoms with Crippen LogP contribution in [0.4, 0.5) is 0 Å². The van der Waals surface area contributed by atoms with Crippen LogP contribution in [0.2, 0.25) is 0 Å². The van der Waals surface area contributed by atoms with Gasteiger partial charge in [0, 0.05) is 22.9 Å². The highest BCUT2D eigenvalue weighted by Gasteiger charge is 2.12. The predicted molar refractivity (Wildman–Crippen MR) is 106 cm³/mol. The normalized spacial score (nSPS) is 10.8. The molecule has 5 nitrogen and oxygen atoms in total. The average Bonchev–Trinajstić information content (AvgIpc) is 3.16. The van der Waals surface area contributed by atoms with Gasteiger partial charge in [-0.25, -0.2) is 4.98 Å². The van der Waals surface area contributed by atoms with E-state index in [4.69, 9.17) is 14.2 Å². The Hall–Kier alpha value is -3.47. The van der Waals surface area contributed by atoms with Gasteiger partial charge < -0.3 is 14.2 Å². The monoisotopic (exact) mass is 360 g/mol. The lowest BCUT2D eigenvalue weighted by Gasteiger charge is -2.11. The molecular formula is C22H20N2O3. The smallest absolute Gasteiger partial charge is 0.161 e. The van der Waals surface area contributed by atoms with E-state index in [0.717, 1.165) is 33.8 Å². The van der Waals surface area contributed by atoms with Crippen LogP contribution >= 0.6 is 0 Å². The minimum absolute atomic E-state index is 0.686. The van der Waals surface area contributed by atoms with Crippen molar-refractivity contribution in [3.05, 3.63) is 67.0 Å². The molecule has 0 aliphatic heterocycles. The first-order chi connectivity index (χ1) is 13.2. The van der Waals surface area contributed by atoms with Crippen molar-refractivity contribution in [1.29, 1.82) is 0 Å². The van der Waals surface area contributed by atoms with E-state index in [-0.39, 0.29) is 0 Å². The van der Waals surface area contributed by atoms with E-state index in [1.807, 2.05) is 54.7 Å². The number of fused-ring (bicyclic) bond motifs is 1. The molecule has 4 aromatic rings. The minimum atomic E-state index is 0.686. The highest BCUT2D eigenvalue weighted by Crippen LogP contribution is 2.34. The Bertz CT molecular complexity index is 1100. The van der Waals surface area contributed by atoms with Gasteiger partial charge in [0.05, 0.1) is 33.2 Å². The largest absolute Gasteiger partial charge is 0.496 e. The summed E-state index contributed by atoms with van der Waals surface area (Å²) in [7, 11) is 4.95. The topological polar surface area (TPSA) is 45.0 Å². The summed E-state index contributed by atoms with van der Waals surface area (Å²) in [6.07, 6.45) is 3.94. The molecule has 0 bridgehead atoms. The number of para-hydroxylation sites is 1. The van der Waals surface area contributed by atoms with Crippen LogP contribution in [0.1, 0.15) is 0 Å². The van der Waals surface area contributed by atoms with E-state index >= 15 is 0 Å². The molecule has 27 heavy (non-hydrogen) atoms. The summed E-state index contributed by atoms with van der Waals surface area (Å²) in [5.41, 5.74) is 4.94. The molecule has 136 valence electrons. The zero-order chi connectivity index (χ0) is 18.8. The molecule has 0 aliphatic rings. The number of hydrogen-bond donors (Lipinski definition) is 0. The van der Waals surface area contributed by atoms with Crippen molar-refractivity contribution in [3.63, 3.8) is 0 Å². The molecule has 0 saturated heterocycles. The molecule has 0 fully saturated rings. The third-order valence-electron chi connectivity index (χ3n) is 4.60. The number of pyridine rings is 1. The average molecular weight is 360 g/mol. The number of benzene rings is 2. The molecule has 0 N–H and O–H groups in total. The van der Waals surface area contributed by atoms with E-state index in [2.05, 4.69) is 21.6 Å². The summed E-state index contributed by atoms with van der Waals surface area (Å²) in [6, 6.07) is 17.9. The number of imidazole rings is 1. The van der Waals surface area contributed by atoms with Gasteiger partial charge in [0.25, 0.3) is 0 Å². The second kappa shape index (κ2) is 7.03. The third kappa shape index (κ3) is 2.97. The molecule has 0 atom stereocenters. The van der Waals surface area contributed by atoms with Crippen LogP contribution < -0.4 is 14.2 Å². The molecule has 2 aromatic carbocycles. The zero-order valence-electron chi connectivity index (χ0n) is 15.5. The maximum Gasteiger partial charge on any atom is 0.161 e. The fourth-order valence-corrected chi connectivity index (χ4v) is 3.23. The summed E-state index contributed by atoms with van der Waals surface area (Å²) in [5.74, 6) is 2.22. The van der Waals surface area contributed by atoms with E-state index in [1.54, 1.807) is 21.3 Å². The molecule has 5 heteroatoms. The second-order valence-electron chi connectivity index (χ2n) is 6.06. The Labute approximate surface area is 157 Å². The lowest BCUT2D eigenvalue weighted by Crippen LogP contribution is -1.94. The van der Waals surface area contributed by atoms with Gasteiger partial charge in [-0.2, -0.15) is 0 Å². The number of hydrogen-bond acceptors (Lipinski definition) is 4. The Morgan fingerprint density at radius 1 is 0.741 bits per heavy atom. The summed E-state index contributed by atoms with van der Waals surface area (Å²) < 4.78 is 18.4. The summed E-state index contributed by atoms with van der Waals surface area (Å²) in [6.45, 7) is 0.